The first-order valence-corrected chi connectivity index (χ1v) is 10.8. The molecule has 0 spiro atoms. The van der Waals surface area contributed by atoms with Crippen LogP contribution in [0.3, 0.4) is 0 Å². The Bertz CT molecular complexity index is 1080. The minimum absolute atomic E-state index is 0.194. The molecular weight excluding hydrogens is 390 g/mol. The lowest BCUT2D eigenvalue weighted by Crippen LogP contribution is -2.43. The van der Waals surface area contributed by atoms with Gasteiger partial charge in [-0.2, -0.15) is 9.40 Å². The molecule has 29 heavy (non-hydrogen) atoms. The number of hydrogen-bond donors (Lipinski definition) is 1. The van der Waals surface area contributed by atoms with Crippen LogP contribution in [-0.2, 0) is 21.4 Å². The molecule has 0 bridgehead atoms. The molecule has 1 aliphatic rings. The maximum Gasteiger partial charge on any atom is 0.244 e. The number of carbonyl (C=O) groups is 1. The second-order valence-corrected chi connectivity index (χ2v) is 8.69. The summed E-state index contributed by atoms with van der Waals surface area (Å²) in [5.41, 5.74) is 0.851. The van der Waals surface area contributed by atoms with E-state index in [-0.39, 0.29) is 10.8 Å². The zero-order valence-corrected chi connectivity index (χ0v) is 16.5. The van der Waals surface area contributed by atoms with Gasteiger partial charge in [0.05, 0.1) is 17.1 Å². The predicted octanol–water partition coefficient (Wildman–Crippen LogP) is 2.12. The van der Waals surface area contributed by atoms with Crippen molar-refractivity contribution in [1.29, 1.82) is 0 Å². The van der Waals surface area contributed by atoms with Crippen LogP contribution < -0.4 is 5.32 Å². The molecule has 1 unspecified atom stereocenters. The van der Waals surface area contributed by atoms with E-state index in [0.717, 1.165) is 5.69 Å². The van der Waals surface area contributed by atoms with E-state index in [4.69, 9.17) is 0 Å². The van der Waals surface area contributed by atoms with E-state index in [0.29, 0.717) is 31.7 Å². The van der Waals surface area contributed by atoms with Crippen molar-refractivity contribution in [2.75, 3.05) is 11.9 Å². The SMILES string of the molecule is O=C(Nc1ccn(Cc2ccccn2)n1)C1CCCN1S(=O)(=O)c1ccccc1. The van der Waals surface area contributed by atoms with E-state index in [9.17, 15) is 13.2 Å². The fourth-order valence-electron chi connectivity index (χ4n) is 3.40. The van der Waals surface area contributed by atoms with E-state index in [1.165, 1.54) is 4.31 Å². The molecule has 1 aromatic carbocycles. The number of pyridine rings is 1. The summed E-state index contributed by atoms with van der Waals surface area (Å²) in [5.74, 6) is 0.0139. The van der Waals surface area contributed by atoms with Crippen LogP contribution in [0, 0.1) is 0 Å². The minimum Gasteiger partial charge on any atom is -0.308 e. The molecule has 1 fully saturated rings. The Morgan fingerprint density at radius 1 is 1.10 bits per heavy atom. The number of nitrogens with one attached hydrogen (secondary N) is 1. The van der Waals surface area contributed by atoms with Gasteiger partial charge in [-0.25, -0.2) is 8.42 Å². The number of hydrogen-bond acceptors (Lipinski definition) is 5. The van der Waals surface area contributed by atoms with Crippen LogP contribution in [0.1, 0.15) is 18.5 Å². The number of carbonyl (C=O) groups excluding carboxylic acids is 1. The maximum absolute atomic E-state index is 12.9. The molecule has 9 heteroatoms. The van der Waals surface area contributed by atoms with Gasteiger partial charge in [0.2, 0.25) is 15.9 Å². The summed E-state index contributed by atoms with van der Waals surface area (Å²) in [6.07, 6.45) is 4.58. The normalized spacial score (nSPS) is 17.3. The number of sulfonamides is 1. The second kappa shape index (κ2) is 8.14. The lowest BCUT2D eigenvalue weighted by molar-refractivity contribution is -0.119. The van der Waals surface area contributed by atoms with E-state index < -0.39 is 16.1 Å². The number of aromatic nitrogens is 3. The zero-order chi connectivity index (χ0) is 20.3. The van der Waals surface area contributed by atoms with E-state index >= 15 is 0 Å². The minimum atomic E-state index is -3.72. The third kappa shape index (κ3) is 4.20. The second-order valence-electron chi connectivity index (χ2n) is 6.80. The van der Waals surface area contributed by atoms with Crippen LogP contribution in [0.5, 0.6) is 0 Å². The first kappa shape index (κ1) is 19.3. The largest absolute Gasteiger partial charge is 0.308 e. The number of benzene rings is 1. The molecule has 1 N–H and O–H groups in total. The monoisotopic (exact) mass is 411 g/mol. The van der Waals surface area contributed by atoms with Gasteiger partial charge < -0.3 is 5.32 Å². The standard InChI is InChI=1S/C20H21N5O3S/c26-20(22-19-11-14-24(23-19)15-16-7-4-5-12-21-16)18-10-6-13-25(18)29(27,28)17-8-2-1-3-9-17/h1-5,7-9,11-12,14,18H,6,10,13,15H2,(H,22,23,26). The lowest BCUT2D eigenvalue weighted by atomic mass is 10.2. The van der Waals surface area contributed by atoms with Crippen LogP contribution in [-0.4, -0.2) is 46.0 Å². The fraction of sp³-hybridized carbons (Fsp3) is 0.250. The Morgan fingerprint density at radius 2 is 1.90 bits per heavy atom. The number of nitrogens with zero attached hydrogens (tertiary/aromatic N) is 4. The van der Waals surface area contributed by atoms with Crippen molar-refractivity contribution < 1.29 is 13.2 Å². The molecule has 4 rings (SSSR count). The highest BCUT2D eigenvalue weighted by Crippen LogP contribution is 2.26. The summed E-state index contributed by atoms with van der Waals surface area (Å²) in [7, 11) is -3.72. The van der Waals surface area contributed by atoms with Crippen molar-refractivity contribution in [2.24, 2.45) is 0 Å². The third-order valence-corrected chi connectivity index (χ3v) is 6.72. The van der Waals surface area contributed by atoms with Gasteiger partial charge in [-0.15, -0.1) is 0 Å². The van der Waals surface area contributed by atoms with Gasteiger partial charge in [0.25, 0.3) is 0 Å². The predicted molar refractivity (Wildman–Crippen MR) is 108 cm³/mol. The van der Waals surface area contributed by atoms with Crippen molar-refractivity contribution in [2.45, 2.75) is 30.3 Å². The molecular formula is C20H21N5O3S. The number of anilines is 1. The highest BCUT2D eigenvalue weighted by molar-refractivity contribution is 7.89. The van der Waals surface area contributed by atoms with Crippen LogP contribution in [0.25, 0.3) is 0 Å². The molecule has 0 radical (unpaired) electrons. The Balaban J connectivity index is 1.46. The molecule has 2 aromatic heterocycles. The molecule has 3 aromatic rings. The maximum atomic E-state index is 12.9. The van der Waals surface area contributed by atoms with Gasteiger partial charge in [-0.1, -0.05) is 24.3 Å². The Kier molecular flexibility index (Phi) is 5.41. The van der Waals surface area contributed by atoms with Crippen molar-refractivity contribution in [1.82, 2.24) is 19.1 Å². The van der Waals surface area contributed by atoms with Gasteiger partial charge >= 0.3 is 0 Å². The van der Waals surface area contributed by atoms with Crippen LogP contribution >= 0.6 is 0 Å². The molecule has 1 aliphatic heterocycles. The molecule has 0 saturated carbocycles. The molecule has 150 valence electrons. The van der Waals surface area contributed by atoms with Crippen LogP contribution in [0.4, 0.5) is 5.82 Å². The van der Waals surface area contributed by atoms with Gasteiger partial charge in [0.15, 0.2) is 5.82 Å². The van der Waals surface area contributed by atoms with Gasteiger partial charge in [0, 0.05) is 25.0 Å². The average Bonchev–Trinajstić information content (AvgIpc) is 3.39. The molecule has 1 atom stereocenters. The smallest absolute Gasteiger partial charge is 0.244 e. The van der Waals surface area contributed by atoms with Crippen LogP contribution in [0.15, 0.2) is 71.9 Å². The molecule has 0 aliphatic carbocycles. The summed E-state index contributed by atoms with van der Waals surface area (Å²) in [6.45, 7) is 0.804. The summed E-state index contributed by atoms with van der Waals surface area (Å²) in [6, 6.07) is 14.8. The number of amides is 1. The highest BCUT2D eigenvalue weighted by Gasteiger charge is 2.39. The summed E-state index contributed by atoms with van der Waals surface area (Å²) in [5, 5.41) is 7.09. The lowest BCUT2D eigenvalue weighted by Gasteiger charge is -2.23. The molecule has 1 saturated heterocycles. The molecule has 8 nitrogen and oxygen atoms in total. The Morgan fingerprint density at radius 3 is 2.66 bits per heavy atom. The Labute approximate surface area is 169 Å². The fourth-order valence-corrected chi connectivity index (χ4v) is 5.08. The van der Waals surface area contributed by atoms with Crippen molar-refractivity contribution in [3.05, 3.63) is 72.7 Å². The van der Waals surface area contributed by atoms with Gasteiger partial charge in [-0.3, -0.25) is 14.5 Å². The summed E-state index contributed by atoms with van der Waals surface area (Å²) < 4.78 is 28.8. The third-order valence-electron chi connectivity index (χ3n) is 4.80. The highest BCUT2D eigenvalue weighted by atomic mass is 32.2. The topological polar surface area (TPSA) is 97.2 Å². The zero-order valence-electron chi connectivity index (χ0n) is 15.7. The van der Waals surface area contributed by atoms with Gasteiger partial charge in [0.1, 0.15) is 6.04 Å². The average molecular weight is 411 g/mol. The van der Waals surface area contributed by atoms with Crippen molar-refractivity contribution >= 4 is 21.7 Å². The Hall–Kier alpha value is -3.04. The van der Waals surface area contributed by atoms with Gasteiger partial charge in [-0.05, 0) is 37.1 Å². The van der Waals surface area contributed by atoms with Crippen molar-refractivity contribution in [3.63, 3.8) is 0 Å². The molecule has 1 amide bonds. The quantitative estimate of drug-likeness (QED) is 0.670. The van der Waals surface area contributed by atoms with E-state index in [1.54, 1.807) is 53.5 Å². The summed E-state index contributed by atoms with van der Waals surface area (Å²) >= 11 is 0. The number of rotatable bonds is 6. The van der Waals surface area contributed by atoms with E-state index in [1.807, 2.05) is 18.2 Å². The van der Waals surface area contributed by atoms with Crippen molar-refractivity contribution in [3.8, 4) is 0 Å². The molecule has 3 heterocycles. The summed E-state index contributed by atoms with van der Waals surface area (Å²) in [4.78, 5) is 17.2. The van der Waals surface area contributed by atoms with E-state index in [2.05, 4.69) is 15.4 Å². The first-order valence-electron chi connectivity index (χ1n) is 9.35. The van der Waals surface area contributed by atoms with Crippen LogP contribution in [0.2, 0.25) is 0 Å². The first-order chi connectivity index (χ1) is 14.0.